The number of hydrogen-bond acceptors (Lipinski definition) is 5. The first-order chi connectivity index (χ1) is 13.2. The van der Waals surface area contributed by atoms with Crippen molar-refractivity contribution in [1.29, 1.82) is 5.26 Å². The number of aromatic nitrogens is 3. The summed E-state index contributed by atoms with van der Waals surface area (Å²) < 4.78 is 7.91. The van der Waals surface area contributed by atoms with E-state index in [1.54, 1.807) is 12.4 Å². The van der Waals surface area contributed by atoms with Gasteiger partial charge in [0, 0.05) is 56.4 Å². The molecule has 0 radical (unpaired) electrons. The summed E-state index contributed by atoms with van der Waals surface area (Å²) >= 11 is 0. The van der Waals surface area contributed by atoms with Gasteiger partial charge in [0.15, 0.2) is 0 Å². The first-order valence-electron chi connectivity index (χ1n) is 9.03. The molecule has 1 atom stereocenters. The summed E-state index contributed by atoms with van der Waals surface area (Å²) in [7, 11) is 1.94. The van der Waals surface area contributed by atoms with Crippen molar-refractivity contribution < 1.29 is 4.74 Å². The fourth-order valence-electron chi connectivity index (χ4n) is 3.49. The van der Waals surface area contributed by atoms with Gasteiger partial charge in [-0.2, -0.15) is 10.4 Å². The molecule has 2 aromatic heterocycles. The minimum atomic E-state index is 0.197. The average molecular weight is 359 g/mol. The lowest BCUT2D eigenvalue weighted by Gasteiger charge is -2.17. The quantitative estimate of drug-likeness (QED) is 0.700. The molecule has 0 saturated carbocycles. The second-order valence-electron chi connectivity index (χ2n) is 6.81. The Kier molecular flexibility index (Phi) is 4.86. The Morgan fingerprint density at radius 3 is 2.70 bits per heavy atom. The van der Waals surface area contributed by atoms with E-state index in [-0.39, 0.29) is 6.10 Å². The van der Waals surface area contributed by atoms with Crippen LogP contribution in [0.25, 0.3) is 11.3 Å². The van der Waals surface area contributed by atoms with Gasteiger partial charge in [-0.25, -0.2) is 0 Å². The van der Waals surface area contributed by atoms with E-state index in [9.17, 15) is 0 Å². The highest BCUT2D eigenvalue weighted by Crippen LogP contribution is 2.26. The molecule has 1 aromatic carbocycles. The van der Waals surface area contributed by atoms with E-state index in [4.69, 9.17) is 10.00 Å². The summed E-state index contributed by atoms with van der Waals surface area (Å²) in [6.07, 6.45) is 6.78. The molecule has 1 aliphatic heterocycles. The molecule has 1 saturated heterocycles. The van der Waals surface area contributed by atoms with Gasteiger partial charge in [0.2, 0.25) is 0 Å². The molecule has 1 fully saturated rings. The van der Waals surface area contributed by atoms with Crippen LogP contribution in [0.15, 0.2) is 55.0 Å². The summed E-state index contributed by atoms with van der Waals surface area (Å²) in [6.45, 7) is 2.72. The van der Waals surface area contributed by atoms with Crippen LogP contribution < -0.4 is 4.74 Å². The second kappa shape index (κ2) is 7.60. The third kappa shape index (κ3) is 3.99. The third-order valence-electron chi connectivity index (χ3n) is 4.77. The normalized spacial score (nSPS) is 17.0. The highest BCUT2D eigenvalue weighted by atomic mass is 16.5. The summed E-state index contributed by atoms with van der Waals surface area (Å²) in [6, 6.07) is 13.5. The Morgan fingerprint density at radius 1 is 1.19 bits per heavy atom. The van der Waals surface area contributed by atoms with Gasteiger partial charge < -0.3 is 4.74 Å². The van der Waals surface area contributed by atoms with Crippen LogP contribution >= 0.6 is 0 Å². The van der Waals surface area contributed by atoms with Gasteiger partial charge in [0.1, 0.15) is 11.9 Å². The molecular formula is C21H21N5O. The number of nitrogens with zero attached hydrogens (tertiary/aromatic N) is 5. The maximum absolute atomic E-state index is 8.99. The first-order valence-corrected chi connectivity index (χ1v) is 9.03. The lowest BCUT2D eigenvalue weighted by atomic mass is 10.1. The van der Waals surface area contributed by atoms with Gasteiger partial charge in [0.25, 0.3) is 0 Å². The van der Waals surface area contributed by atoms with Gasteiger partial charge in [-0.3, -0.25) is 14.6 Å². The Balaban J connectivity index is 1.45. The van der Waals surface area contributed by atoms with Crippen LogP contribution in [-0.4, -0.2) is 38.9 Å². The highest BCUT2D eigenvalue weighted by molar-refractivity contribution is 5.63. The third-order valence-corrected chi connectivity index (χ3v) is 4.77. The smallest absolute Gasteiger partial charge is 0.122 e. The van der Waals surface area contributed by atoms with Crippen molar-refractivity contribution in [3.63, 3.8) is 0 Å². The van der Waals surface area contributed by atoms with Crippen LogP contribution in [-0.2, 0) is 13.6 Å². The first kappa shape index (κ1) is 17.3. The number of rotatable bonds is 5. The Labute approximate surface area is 158 Å². The van der Waals surface area contributed by atoms with Crippen molar-refractivity contribution in [2.75, 3.05) is 13.1 Å². The van der Waals surface area contributed by atoms with Crippen molar-refractivity contribution >= 4 is 0 Å². The van der Waals surface area contributed by atoms with Crippen molar-refractivity contribution in [3.05, 3.63) is 66.1 Å². The minimum Gasteiger partial charge on any atom is -0.489 e. The molecule has 6 heteroatoms. The zero-order valence-corrected chi connectivity index (χ0v) is 15.2. The van der Waals surface area contributed by atoms with E-state index < -0.39 is 0 Å². The maximum Gasteiger partial charge on any atom is 0.122 e. The molecule has 4 rings (SSSR count). The molecule has 6 nitrogen and oxygen atoms in total. The number of nitriles is 1. The van der Waals surface area contributed by atoms with Gasteiger partial charge in [-0.1, -0.05) is 12.1 Å². The van der Waals surface area contributed by atoms with Crippen molar-refractivity contribution in [3.8, 4) is 23.1 Å². The molecule has 0 N–H and O–H groups in total. The topological polar surface area (TPSA) is 67.0 Å². The molecule has 3 aromatic rings. The molecule has 0 amide bonds. The van der Waals surface area contributed by atoms with Gasteiger partial charge in [0.05, 0.1) is 17.3 Å². The monoisotopic (exact) mass is 359 g/mol. The Morgan fingerprint density at radius 2 is 1.96 bits per heavy atom. The van der Waals surface area contributed by atoms with E-state index in [1.807, 2.05) is 48.1 Å². The van der Waals surface area contributed by atoms with E-state index in [0.29, 0.717) is 5.56 Å². The van der Waals surface area contributed by atoms with Gasteiger partial charge in [-0.15, -0.1) is 0 Å². The largest absolute Gasteiger partial charge is 0.489 e. The molecule has 0 unspecified atom stereocenters. The molecule has 0 spiro atoms. The lowest BCUT2D eigenvalue weighted by Crippen LogP contribution is -2.24. The van der Waals surface area contributed by atoms with Crippen LogP contribution in [0.5, 0.6) is 5.75 Å². The molecule has 27 heavy (non-hydrogen) atoms. The van der Waals surface area contributed by atoms with E-state index in [1.165, 1.54) is 5.56 Å². The van der Waals surface area contributed by atoms with Crippen LogP contribution in [0, 0.1) is 11.3 Å². The number of likely N-dealkylation sites (tertiary alicyclic amines) is 1. The molecule has 0 aliphatic carbocycles. The zero-order chi connectivity index (χ0) is 18.6. The molecule has 136 valence electrons. The summed E-state index contributed by atoms with van der Waals surface area (Å²) in [5.74, 6) is 0.872. The molecule has 0 bridgehead atoms. The zero-order valence-electron chi connectivity index (χ0n) is 15.2. The molecule has 3 heterocycles. The summed E-state index contributed by atoms with van der Waals surface area (Å²) in [5.41, 5.74) is 3.85. The number of benzene rings is 1. The average Bonchev–Trinajstić information content (AvgIpc) is 3.29. The van der Waals surface area contributed by atoms with E-state index >= 15 is 0 Å². The Hall–Kier alpha value is -3.17. The van der Waals surface area contributed by atoms with Crippen molar-refractivity contribution in [2.45, 2.75) is 19.1 Å². The lowest BCUT2D eigenvalue weighted by molar-refractivity contribution is 0.198. The minimum absolute atomic E-state index is 0.197. The highest BCUT2D eigenvalue weighted by Gasteiger charge is 2.25. The second-order valence-corrected chi connectivity index (χ2v) is 6.81. The Bertz CT molecular complexity index is 943. The van der Waals surface area contributed by atoms with Crippen LogP contribution in [0.4, 0.5) is 0 Å². The number of pyridine rings is 1. The predicted molar refractivity (Wildman–Crippen MR) is 102 cm³/mol. The fourth-order valence-corrected chi connectivity index (χ4v) is 3.49. The SMILES string of the molecule is Cn1cc(CN2CC[C@@H](Oc3ccncc3)C2)c(-c2ccc(C#N)cc2)n1. The fraction of sp³-hybridized carbons (Fsp3) is 0.286. The molecular weight excluding hydrogens is 338 g/mol. The summed E-state index contributed by atoms with van der Waals surface area (Å²) in [4.78, 5) is 6.42. The standard InChI is InChI=1S/C21H21N5O/c1-25-13-18(21(24-25)17-4-2-16(12-22)3-5-17)14-26-11-8-20(15-26)27-19-6-9-23-10-7-19/h2-7,9-10,13,20H,8,11,14-15H2,1H3/t20-/m1/s1. The van der Waals surface area contributed by atoms with Gasteiger partial charge >= 0.3 is 0 Å². The predicted octanol–water partition coefficient (Wildman–Crippen LogP) is 3.01. The van der Waals surface area contributed by atoms with Gasteiger partial charge in [-0.05, 0) is 30.7 Å². The number of hydrogen-bond donors (Lipinski definition) is 0. The van der Waals surface area contributed by atoms with Crippen molar-refractivity contribution in [1.82, 2.24) is 19.7 Å². The molecule has 1 aliphatic rings. The van der Waals surface area contributed by atoms with E-state index in [0.717, 1.165) is 43.1 Å². The van der Waals surface area contributed by atoms with Crippen molar-refractivity contribution in [2.24, 2.45) is 7.05 Å². The van der Waals surface area contributed by atoms with Crippen LogP contribution in [0.1, 0.15) is 17.5 Å². The number of ether oxygens (including phenoxy) is 1. The number of aryl methyl sites for hydroxylation is 1. The van der Waals surface area contributed by atoms with Crippen LogP contribution in [0.3, 0.4) is 0 Å². The van der Waals surface area contributed by atoms with Crippen LogP contribution in [0.2, 0.25) is 0 Å². The summed E-state index contributed by atoms with van der Waals surface area (Å²) in [5, 5.41) is 13.6. The maximum atomic E-state index is 8.99. The van der Waals surface area contributed by atoms with E-state index in [2.05, 4.69) is 27.2 Å².